The zero-order valence-corrected chi connectivity index (χ0v) is 8.76. The number of carbonyl (C=O) groups is 1. The summed E-state index contributed by atoms with van der Waals surface area (Å²) < 4.78 is 0. The van der Waals surface area contributed by atoms with Gasteiger partial charge in [0.1, 0.15) is 6.29 Å². The summed E-state index contributed by atoms with van der Waals surface area (Å²) in [6.45, 7) is 0. The Bertz CT molecular complexity index is 474. The van der Waals surface area contributed by atoms with E-state index < -0.39 is 0 Å². The third kappa shape index (κ3) is 2.20. The van der Waals surface area contributed by atoms with E-state index in [-0.39, 0.29) is 7.48 Å². The second-order valence-electron chi connectivity index (χ2n) is 3.59. The third-order valence-corrected chi connectivity index (χ3v) is 2.52. The van der Waals surface area contributed by atoms with Crippen molar-refractivity contribution >= 4 is 19.2 Å². The second kappa shape index (κ2) is 4.77. The van der Waals surface area contributed by atoms with Crippen molar-refractivity contribution in [1.29, 1.82) is 0 Å². The molecule has 1 N–H and O–H groups in total. The summed E-state index contributed by atoms with van der Waals surface area (Å²) in [4.78, 5) is 10.5. The van der Waals surface area contributed by atoms with Gasteiger partial charge in [0, 0.05) is 5.56 Å². The van der Waals surface area contributed by atoms with Gasteiger partial charge in [0.2, 0.25) is 0 Å². The lowest BCUT2D eigenvalue weighted by Crippen LogP contribution is -2.11. The Morgan fingerprint density at radius 3 is 1.81 bits per heavy atom. The Balaban J connectivity index is 2.31. The van der Waals surface area contributed by atoms with Gasteiger partial charge in [-0.1, -0.05) is 54.0 Å². The molecule has 78 valence electrons. The summed E-state index contributed by atoms with van der Waals surface area (Å²) in [6, 6.07) is 15.1. The molecule has 0 aliphatic heterocycles. The lowest BCUT2D eigenvalue weighted by molar-refractivity contribution is 0.112. The third-order valence-electron chi connectivity index (χ3n) is 2.52. The van der Waals surface area contributed by atoms with Crippen LogP contribution in [0.15, 0.2) is 48.5 Å². The summed E-state index contributed by atoms with van der Waals surface area (Å²) in [5, 5.41) is 8.93. The van der Waals surface area contributed by atoms with Crippen molar-refractivity contribution < 1.29 is 9.82 Å². The van der Waals surface area contributed by atoms with E-state index in [1.165, 1.54) is 0 Å². The zero-order chi connectivity index (χ0) is 11.4. The zero-order valence-electron chi connectivity index (χ0n) is 8.76. The summed E-state index contributed by atoms with van der Waals surface area (Å²) in [5.41, 5.74) is 3.72. The van der Waals surface area contributed by atoms with Crippen LogP contribution >= 0.6 is 0 Å². The van der Waals surface area contributed by atoms with Gasteiger partial charge in [0.05, 0.1) is 0 Å². The van der Waals surface area contributed by atoms with Gasteiger partial charge in [-0.15, -0.1) is 0 Å². The normalized spacial score (nSPS) is 9.81. The molecule has 0 bridgehead atoms. The molecule has 0 aromatic heterocycles. The fourth-order valence-electron chi connectivity index (χ4n) is 1.56. The fraction of sp³-hybridized carbons (Fsp3) is 0. The standard InChI is InChI=1S/C13H11BO2/c15-9-10-1-3-11(4-2-10)12-5-7-13(14-16)8-6-12/h1-9,14,16H. The van der Waals surface area contributed by atoms with Crippen molar-refractivity contribution in [1.82, 2.24) is 0 Å². The van der Waals surface area contributed by atoms with Gasteiger partial charge < -0.3 is 5.02 Å². The molecular weight excluding hydrogens is 199 g/mol. The highest BCUT2D eigenvalue weighted by molar-refractivity contribution is 6.45. The molecule has 0 spiro atoms. The Morgan fingerprint density at radius 2 is 1.38 bits per heavy atom. The predicted molar refractivity (Wildman–Crippen MR) is 66.3 cm³/mol. The Labute approximate surface area is 94.8 Å². The highest BCUT2D eigenvalue weighted by Crippen LogP contribution is 2.18. The minimum Gasteiger partial charge on any atom is -0.449 e. The molecule has 0 saturated carbocycles. The fourth-order valence-corrected chi connectivity index (χ4v) is 1.56. The predicted octanol–water partition coefficient (Wildman–Crippen LogP) is 1.14. The number of hydrogen-bond acceptors (Lipinski definition) is 2. The summed E-state index contributed by atoms with van der Waals surface area (Å²) in [7, 11) is 0.0599. The van der Waals surface area contributed by atoms with Crippen LogP contribution in [0.3, 0.4) is 0 Å². The molecule has 0 atom stereocenters. The first kappa shape index (κ1) is 10.6. The molecule has 2 aromatic rings. The molecule has 0 saturated heterocycles. The van der Waals surface area contributed by atoms with E-state index in [1.807, 2.05) is 36.4 Å². The first-order valence-electron chi connectivity index (χ1n) is 5.09. The Hall–Kier alpha value is -1.87. The van der Waals surface area contributed by atoms with E-state index in [9.17, 15) is 4.79 Å². The molecule has 0 aliphatic rings. The van der Waals surface area contributed by atoms with E-state index >= 15 is 0 Å². The molecule has 0 unspecified atom stereocenters. The summed E-state index contributed by atoms with van der Waals surface area (Å²) in [6.07, 6.45) is 0.832. The van der Waals surface area contributed by atoms with Gasteiger partial charge >= 0.3 is 7.48 Å². The van der Waals surface area contributed by atoms with Crippen LogP contribution in [0.1, 0.15) is 10.4 Å². The average molecular weight is 210 g/mol. The van der Waals surface area contributed by atoms with Crippen molar-refractivity contribution in [3.8, 4) is 11.1 Å². The van der Waals surface area contributed by atoms with Gasteiger partial charge in [-0.25, -0.2) is 0 Å². The van der Waals surface area contributed by atoms with Crippen molar-refractivity contribution in [2.24, 2.45) is 0 Å². The Kier molecular flexibility index (Phi) is 3.17. The first-order valence-corrected chi connectivity index (χ1v) is 5.09. The average Bonchev–Trinajstić information content (AvgIpc) is 2.39. The largest absolute Gasteiger partial charge is 0.449 e. The minimum atomic E-state index is 0.0599. The first-order chi connectivity index (χ1) is 7.83. The van der Waals surface area contributed by atoms with E-state index in [4.69, 9.17) is 5.02 Å². The second-order valence-corrected chi connectivity index (χ2v) is 3.59. The molecule has 16 heavy (non-hydrogen) atoms. The molecule has 0 heterocycles. The van der Waals surface area contributed by atoms with Crippen LogP contribution in [0.25, 0.3) is 11.1 Å². The lowest BCUT2D eigenvalue weighted by Gasteiger charge is -2.02. The van der Waals surface area contributed by atoms with E-state index in [1.54, 1.807) is 12.1 Å². The van der Waals surface area contributed by atoms with Crippen LogP contribution in [-0.2, 0) is 0 Å². The van der Waals surface area contributed by atoms with Crippen molar-refractivity contribution in [2.45, 2.75) is 0 Å². The molecule has 0 aliphatic carbocycles. The van der Waals surface area contributed by atoms with Gasteiger partial charge in [-0.05, 0) is 11.1 Å². The van der Waals surface area contributed by atoms with Gasteiger partial charge in [0.15, 0.2) is 0 Å². The van der Waals surface area contributed by atoms with Crippen molar-refractivity contribution in [3.63, 3.8) is 0 Å². The highest BCUT2D eigenvalue weighted by atomic mass is 16.2. The van der Waals surface area contributed by atoms with E-state index in [0.717, 1.165) is 22.9 Å². The van der Waals surface area contributed by atoms with Crippen LogP contribution in [-0.4, -0.2) is 18.8 Å². The maximum atomic E-state index is 10.5. The molecule has 2 rings (SSSR count). The van der Waals surface area contributed by atoms with Crippen LogP contribution in [0.2, 0.25) is 0 Å². The maximum Gasteiger partial charge on any atom is 0.304 e. The highest BCUT2D eigenvalue weighted by Gasteiger charge is 1.98. The molecule has 0 radical (unpaired) electrons. The minimum absolute atomic E-state index is 0.0599. The van der Waals surface area contributed by atoms with Crippen LogP contribution in [0.5, 0.6) is 0 Å². The Morgan fingerprint density at radius 1 is 0.875 bits per heavy atom. The number of benzene rings is 2. The molecule has 3 heteroatoms. The van der Waals surface area contributed by atoms with Crippen molar-refractivity contribution in [2.75, 3.05) is 0 Å². The summed E-state index contributed by atoms with van der Waals surface area (Å²) >= 11 is 0. The molecule has 2 nitrogen and oxygen atoms in total. The SMILES string of the molecule is O=Cc1ccc(-c2ccc(BO)cc2)cc1. The van der Waals surface area contributed by atoms with Gasteiger partial charge in [-0.3, -0.25) is 4.79 Å². The number of rotatable bonds is 3. The number of hydrogen-bond donors (Lipinski definition) is 1. The molecule has 0 fully saturated rings. The number of carbonyl (C=O) groups excluding carboxylic acids is 1. The summed E-state index contributed by atoms with van der Waals surface area (Å²) in [5.74, 6) is 0. The quantitative estimate of drug-likeness (QED) is 0.609. The maximum absolute atomic E-state index is 10.5. The van der Waals surface area contributed by atoms with Crippen LogP contribution in [0.4, 0.5) is 0 Å². The van der Waals surface area contributed by atoms with Crippen LogP contribution < -0.4 is 5.46 Å². The molecule has 2 aromatic carbocycles. The molecular formula is C13H11BO2. The number of aldehydes is 1. The smallest absolute Gasteiger partial charge is 0.304 e. The topological polar surface area (TPSA) is 37.3 Å². The molecule has 0 amide bonds. The monoisotopic (exact) mass is 210 g/mol. The van der Waals surface area contributed by atoms with Gasteiger partial charge in [-0.2, -0.15) is 0 Å². The van der Waals surface area contributed by atoms with Gasteiger partial charge in [0.25, 0.3) is 0 Å². The van der Waals surface area contributed by atoms with Crippen LogP contribution in [0, 0.1) is 0 Å². The lowest BCUT2D eigenvalue weighted by atomic mass is 9.87. The van der Waals surface area contributed by atoms with Crippen molar-refractivity contribution in [3.05, 3.63) is 54.1 Å². The van der Waals surface area contributed by atoms with E-state index in [2.05, 4.69) is 0 Å². The van der Waals surface area contributed by atoms with E-state index in [0.29, 0.717) is 5.56 Å².